The van der Waals surface area contributed by atoms with Crippen LogP contribution in [0.3, 0.4) is 0 Å². The van der Waals surface area contributed by atoms with Gasteiger partial charge in [0.05, 0.1) is 24.9 Å². The SMILES string of the molecule is C=CCC[C@H]1[C@@H](n2c(-c3ccccc3)c(-c3ccccc3)oc2=O)C(=O)N1C(C(=O)OC(C)(C)C)P(=O)(OCC)OCC. The first kappa shape index (κ1) is 32.2. The number of carbonyl (C=O) groups excluding carboxylic acids is 2. The van der Waals surface area contributed by atoms with Gasteiger partial charge in [-0.3, -0.25) is 13.9 Å². The Balaban J connectivity index is 1.90. The quantitative estimate of drug-likeness (QED) is 0.0941. The minimum Gasteiger partial charge on any atom is -0.458 e. The standard InChI is InChI=1S/C32H39N2O8P/c1-7-10-21-24-26(28(35)33(24)29(30(36)42-32(4,5)6)43(38,39-8-2)40-9-3)34-25(22-17-13-11-14-18-22)27(41-31(34)37)23-19-15-12-16-20-23/h7,11-20,24,26,29H,1,8-10,21H2,2-6H3/t24-,26+,29?/m0/s1. The zero-order valence-electron chi connectivity index (χ0n) is 25.2. The summed E-state index contributed by atoms with van der Waals surface area (Å²) in [7, 11) is -4.25. The van der Waals surface area contributed by atoms with E-state index in [2.05, 4.69) is 6.58 Å². The van der Waals surface area contributed by atoms with Gasteiger partial charge in [-0.25, -0.2) is 9.59 Å². The van der Waals surface area contributed by atoms with E-state index in [0.29, 0.717) is 35.4 Å². The maximum Gasteiger partial charge on any atom is 0.420 e. The van der Waals surface area contributed by atoms with Gasteiger partial charge in [-0.2, -0.15) is 0 Å². The molecule has 1 aliphatic rings. The number of hydrogen-bond donors (Lipinski definition) is 0. The zero-order chi connectivity index (χ0) is 31.4. The third kappa shape index (κ3) is 6.61. The van der Waals surface area contributed by atoms with Crippen LogP contribution in [0.4, 0.5) is 0 Å². The molecular formula is C32H39N2O8P. The van der Waals surface area contributed by atoms with E-state index in [9.17, 15) is 18.9 Å². The number of aromatic nitrogens is 1. The Morgan fingerprint density at radius 3 is 2.07 bits per heavy atom. The fourth-order valence-electron chi connectivity index (χ4n) is 5.30. The average molecular weight is 611 g/mol. The van der Waals surface area contributed by atoms with E-state index < -0.39 is 48.7 Å². The van der Waals surface area contributed by atoms with Crippen LogP contribution in [0, 0.1) is 0 Å². The molecule has 3 aromatic rings. The summed E-state index contributed by atoms with van der Waals surface area (Å²) < 4.78 is 38.1. The first-order valence-electron chi connectivity index (χ1n) is 14.4. The normalized spacial score (nSPS) is 17.8. The smallest absolute Gasteiger partial charge is 0.420 e. The largest absolute Gasteiger partial charge is 0.458 e. The molecule has 0 radical (unpaired) electrons. The summed E-state index contributed by atoms with van der Waals surface area (Å²) in [5, 5.41) is 0. The summed E-state index contributed by atoms with van der Waals surface area (Å²) >= 11 is 0. The summed E-state index contributed by atoms with van der Waals surface area (Å²) in [6, 6.07) is 16.5. The molecule has 2 heterocycles. The van der Waals surface area contributed by atoms with Crippen molar-refractivity contribution in [1.82, 2.24) is 9.47 Å². The molecule has 11 heteroatoms. The summed E-state index contributed by atoms with van der Waals surface area (Å²) in [5.74, 6) is -3.62. The molecule has 10 nitrogen and oxygen atoms in total. The number of likely N-dealkylation sites (tertiary alicyclic amines) is 1. The van der Waals surface area contributed by atoms with Gasteiger partial charge in [0.1, 0.15) is 11.6 Å². The van der Waals surface area contributed by atoms with E-state index in [1.807, 2.05) is 60.7 Å². The van der Waals surface area contributed by atoms with Gasteiger partial charge < -0.3 is 23.1 Å². The fourth-order valence-corrected chi connectivity index (χ4v) is 7.28. The molecule has 0 N–H and O–H groups in total. The highest BCUT2D eigenvalue weighted by atomic mass is 31.2. The van der Waals surface area contributed by atoms with E-state index in [1.54, 1.807) is 40.7 Å². The van der Waals surface area contributed by atoms with E-state index in [4.69, 9.17) is 18.2 Å². The second-order valence-corrected chi connectivity index (χ2v) is 13.1. The van der Waals surface area contributed by atoms with Crippen molar-refractivity contribution < 1.29 is 32.4 Å². The summed E-state index contributed by atoms with van der Waals surface area (Å²) in [4.78, 5) is 42.7. The Labute approximate surface area is 251 Å². The molecule has 230 valence electrons. The average Bonchev–Trinajstić information content (AvgIpc) is 3.29. The summed E-state index contributed by atoms with van der Waals surface area (Å²) in [5.41, 5.74) is 0.797. The van der Waals surface area contributed by atoms with Gasteiger partial charge in [0.25, 0.3) is 0 Å². The first-order valence-corrected chi connectivity index (χ1v) is 16.0. The van der Waals surface area contributed by atoms with Crippen LogP contribution in [0.15, 0.2) is 82.5 Å². The van der Waals surface area contributed by atoms with Gasteiger partial charge in [-0.05, 0) is 47.5 Å². The number of nitrogens with zero attached hydrogens (tertiary/aromatic N) is 2. The Hall–Kier alpha value is -3.72. The van der Waals surface area contributed by atoms with Crippen molar-refractivity contribution in [2.45, 2.75) is 70.9 Å². The van der Waals surface area contributed by atoms with E-state index in [1.165, 1.54) is 9.47 Å². The third-order valence-corrected chi connectivity index (χ3v) is 9.19. The van der Waals surface area contributed by atoms with Crippen LogP contribution in [0.5, 0.6) is 0 Å². The molecule has 0 spiro atoms. The van der Waals surface area contributed by atoms with Crippen molar-refractivity contribution in [2.24, 2.45) is 0 Å². The monoisotopic (exact) mass is 610 g/mol. The van der Waals surface area contributed by atoms with Crippen molar-refractivity contribution >= 4 is 19.5 Å². The highest BCUT2D eigenvalue weighted by molar-refractivity contribution is 7.55. The number of β-lactam (4-membered cyclic amide) rings is 1. The molecule has 0 saturated carbocycles. The zero-order valence-corrected chi connectivity index (χ0v) is 26.1. The molecule has 4 rings (SSSR count). The minimum absolute atomic E-state index is 0.0286. The number of amides is 1. The number of esters is 1. The molecular weight excluding hydrogens is 571 g/mol. The van der Waals surface area contributed by atoms with Crippen molar-refractivity contribution in [3.05, 3.63) is 83.9 Å². The van der Waals surface area contributed by atoms with Gasteiger partial charge in [0, 0.05) is 11.1 Å². The molecule has 3 atom stereocenters. The Morgan fingerprint density at radius 2 is 1.56 bits per heavy atom. The van der Waals surface area contributed by atoms with Gasteiger partial charge in [-0.15, -0.1) is 6.58 Å². The van der Waals surface area contributed by atoms with Crippen LogP contribution in [-0.4, -0.2) is 52.0 Å². The van der Waals surface area contributed by atoms with Crippen molar-refractivity contribution in [2.75, 3.05) is 13.2 Å². The lowest BCUT2D eigenvalue weighted by Crippen LogP contribution is -2.67. The van der Waals surface area contributed by atoms with Crippen molar-refractivity contribution in [3.63, 3.8) is 0 Å². The maximum atomic E-state index is 14.2. The highest BCUT2D eigenvalue weighted by Gasteiger charge is 2.61. The predicted octanol–water partition coefficient (Wildman–Crippen LogP) is 6.43. The molecule has 1 fully saturated rings. The van der Waals surface area contributed by atoms with Crippen LogP contribution in [0.25, 0.3) is 22.6 Å². The van der Waals surface area contributed by atoms with E-state index in [0.717, 1.165) is 0 Å². The van der Waals surface area contributed by atoms with Crippen LogP contribution in [0.2, 0.25) is 0 Å². The maximum absolute atomic E-state index is 14.2. The van der Waals surface area contributed by atoms with Gasteiger partial charge in [0.2, 0.25) is 11.7 Å². The second kappa shape index (κ2) is 13.3. The molecule has 1 unspecified atom stereocenters. The van der Waals surface area contributed by atoms with Gasteiger partial charge in [0.15, 0.2) is 5.76 Å². The Kier molecular flexibility index (Phi) is 9.95. The number of rotatable bonds is 13. The van der Waals surface area contributed by atoms with E-state index in [-0.39, 0.29) is 13.2 Å². The van der Waals surface area contributed by atoms with Crippen LogP contribution >= 0.6 is 7.60 Å². The van der Waals surface area contributed by atoms with Gasteiger partial charge in [-0.1, -0.05) is 66.7 Å². The molecule has 2 aromatic carbocycles. The van der Waals surface area contributed by atoms with E-state index >= 15 is 0 Å². The lowest BCUT2D eigenvalue weighted by Gasteiger charge is -2.51. The van der Waals surface area contributed by atoms with Crippen LogP contribution in [0.1, 0.15) is 53.5 Å². The van der Waals surface area contributed by atoms with Crippen LogP contribution in [-0.2, 0) is 27.9 Å². The number of allylic oxidation sites excluding steroid dienone is 1. The number of oxazole rings is 1. The molecule has 1 aromatic heterocycles. The first-order chi connectivity index (χ1) is 20.5. The molecule has 43 heavy (non-hydrogen) atoms. The minimum atomic E-state index is -4.25. The Morgan fingerprint density at radius 1 is 1.00 bits per heavy atom. The highest BCUT2D eigenvalue weighted by Crippen LogP contribution is 2.58. The van der Waals surface area contributed by atoms with Crippen molar-refractivity contribution in [3.8, 4) is 22.6 Å². The number of carbonyl (C=O) groups is 2. The molecule has 0 bridgehead atoms. The van der Waals surface area contributed by atoms with Gasteiger partial charge >= 0.3 is 19.3 Å². The number of benzene rings is 2. The number of hydrogen-bond acceptors (Lipinski definition) is 8. The fraction of sp³-hybridized carbons (Fsp3) is 0.406. The topological polar surface area (TPSA) is 117 Å². The lowest BCUT2D eigenvalue weighted by molar-refractivity contribution is -0.173. The molecule has 1 saturated heterocycles. The summed E-state index contributed by atoms with van der Waals surface area (Å²) in [6.07, 6.45) is 2.43. The third-order valence-electron chi connectivity index (χ3n) is 6.90. The second-order valence-electron chi connectivity index (χ2n) is 11.1. The Bertz CT molecular complexity index is 1530. The molecule has 1 aliphatic heterocycles. The number of ether oxygens (including phenoxy) is 1. The van der Waals surface area contributed by atoms with Crippen LogP contribution < -0.4 is 5.76 Å². The molecule has 0 aliphatic carbocycles. The molecule has 1 amide bonds. The predicted molar refractivity (Wildman–Crippen MR) is 163 cm³/mol. The lowest BCUT2D eigenvalue weighted by atomic mass is 9.89. The summed E-state index contributed by atoms with van der Waals surface area (Å²) in [6.45, 7) is 12.0. The van der Waals surface area contributed by atoms with Crippen molar-refractivity contribution in [1.29, 1.82) is 0 Å².